The first kappa shape index (κ1) is 16.9. The summed E-state index contributed by atoms with van der Waals surface area (Å²) in [6.07, 6.45) is 0. The van der Waals surface area contributed by atoms with Crippen LogP contribution in [0.15, 0.2) is 38.5 Å². The molecule has 2 N–H and O–H groups in total. The van der Waals surface area contributed by atoms with Gasteiger partial charge in [-0.3, -0.25) is 19.9 Å². The zero-order chi connectivity index (χ0) is 18.0. The third kappa shape index (κ3) is 3.14. The van der Waals surface area contributed by atoms with E-state index in [9.17, 15) is 29.9 Å². The standard InChI is InChI=1S/C15H12N2O7/c1-7(16-9-3-5-10(6-4-9)17(22)23)11-13(19)12(8(2)18)15(21)24-14(11)20/h3-6,19,21H,1-2H3. The predicted octanol–water partition coefficient (Wildman–Crippen LogP) is 2.30. The molecule has 2 aromatic rings. The van der Waals surface area contributed by atoms with E-state index in [1.165, 1.54) is 31.2 Å². The van der Waals surface area contributed by atoms with Gasteiger partial charge in [-0.1, -0.05) is 0 Å². The van der Waals surface area contributed by atoms with Crippen molar-refractivity contribution in [2.75, 3.05) is 0 Å². The second-order valence-electron chi connectivity index (χ2n) is 4.82. The van der Waals surface area contributed by atoms with Gasteiger partial charge in [-0.15, -0.1) is 0 Å². The number of hydrogen-bond acceptors (Lipinski definition) is 8. The van der Waals surface area contributed by atoms with Gasteiger partial charge in [-0.25, -0.2) is 4.79 Å². The minimum atomic E-state index is -1.07. The summed E-state index contributed by atoms with van der Waals surface area (Å²) in [6.45, 7) is 2.47. The Morgan fingerprint density at radius 2 is 1.75 bits per heavy atom. The maximum absolute atomic E-state index is 11.8. The second kappa shape index (κ2) is 6.32. The average Bonchev–Trinajstić information content (AvgIpc) is 2.46. The van der Waals surface area contributed by atoms with Crippen LogP contribution in [-0.4, -0.2) is 26.6 Å². The summed E-state index contributed by atoms with van der Waals surface area (Å²) in [5, 5.41) is 30.2. The number of non-ortho nitro benzene ring substituents is 1. The maximum atomic E-state index is 11.8. The number of benzene rings is 1. The Kier molecular flexibility index (Phi) is 4.45. The molecule has 0 aliphatic heterocycles. The number of hydrogen-bond donors (Lipinski definition) is 2. The number of carbonyl (C=O) groups is 1. The number of nitro benzene ring substituents is 1. The Bertz CT molecular complexity index is 911. The number of carbonyl (C=O) groups excluding carboxylic acids is 1. The zero-order valence-corrected chi connectivity index (χ0v) is 12.6. The summed E-state index contributed by atoms with van der Waals surface area (Å²) in [5.41, 5.74) is -1.80. The van der Waals surface area contributed by atoms with Crippen molar-refractivity contribution in [3.8, 4) is 11.7 Å². The minimum absolute atomic E-state index is 0.0117. The van der Waals surface area contributed by atoms with Crippen LogP contribution in [0.2, 0.25) is 0 Å². The lowest BCUT2D eigenvalue weighted by molar-refractivity contribution is -0.384. The highest BCUT2D eigenvalue weighted by molar-refractivity contribution is 6.07. The molecule has 0 radical (unpaired) electrons. The molecule has 0 spiro atoms. The largest absolute Gasteiger partial charge is 0.506 e. The van der Waals surface area contributed by atoms with E-state index in [0.29, 0.717) is 0 Å². The van der Waals surface area contributed by atoms with E-state index < -0.39 is 33.6 Å². The molecule has 0 aliphatic carbocycles. The second-order valence-corrected chi connectivity index (χ2v) is 4.82. The number of Topliss-reactive ketones (excluding diaryl/α,β-unsaturated/α-hetero) is 1. The molecule has 1 aromatic heterocycles. The lowest BCUT2D eigenvalue weighted by Gasteiger charge is -2.07. The van der Waals surface area contributed by atoms with Gasteiger partial charge >= 0.3 is 5.63 Å². The van der Waals surface area contributed by atoms with Gasteiger partial charge in [0, 0.05) is 12.1 Å². The van der Waals surface area contributed by atoms with E-state index in [4.69, 9.17) is 0 Å². The van der Waals surface area contributed by atoms with Crippen molar-refractivity contribution in [3.05, 3.63) is 55.9 Å². The maximum Gasteiger partial charge on any atom is 0.351 e. The van der Waals surface area contributed by atoms with E-state index in [2.05, 4.69) is 9.41 Å². The highest BCUT2D eigenvalue weighted by Crippen LogP contribution is 2.29. The van der Waals surface area contributed by atoms with Crippen LogP contribution in [0.1, 0.15) is 29.8 Å². The third-order valence-electron chi connectivity index (χ3n) is 3.15. The molecule has 0 aliphatic rings. The number of ketones is 1. The first-order valence-electron chi connectivity index (χ1n) is 6.62. The Hall–Kier alpha value is -3.49. The topological polar surface area (TPSA) is 143 Å². The van der Waals surface area contributed by atoms with Gasteiger partial charge < -0.3 is 14.6 Å². The molecule has 2 rings (SSSR count). The van der Waals surface area contributed by atoms with Crippen LogP contribution in [0.25, 0.3) is 0 Å². The van der Waals surface area contributed by atoms with E-state index in [0.717, 1.165) is 6.92 Å². The third-order valence-corrected chi connectivity index (χ3v) is 3.15. The molecular formula is C15H12N2O7. The zero-order valence-electron chi connectivity index (χ0n) is 12.6. The average molecular weight is 332 g/mol. The molecule has 0 atom stereocenters. The van der Waals surface area contributed by atoms with Crippen molar-refractivity contribution < 1.29 is 24.3 Å². The molecule has 0 unspecified atom stereocenters. The highest BCUT2D eigenvalue weighted by atomic mass is 16.6. The number of nitro groups is 1. The fraction of sp³-hybridized carbons (Fsp3) is 0.133. The lowest BCUT2D eigenvalue weighted by Crippen LogP contribution is -2.15. The van der Waals surface area contributed by atoms with Crippen LogP contribution in [0.3, 0.4) is 0 Å². The molecule has 0 amide bonds. The van der Waals surface area contributed by atoms with Crippen LogP contribution in [0.4, 0.5) is 11.4 Å². The van der Waals surface area contributed by atoms with Crippen molar-refractivity contribution in [1.29, 1.82) is 0 Å². The summed E-state index contributed by atoms with van der Waals surface area (Å²) in [7, 11) is 0. The Balaban J connectivity index is 2.55. The molecule has 124 valence electrons. The fourth-order valence-corrected chi connectivity index (χ4v) is 2.05. The summed E-state index contributed by atoms with van der Waals surface area (Å²) in [5.74, 6) is -2.41. The van der Waals surface area contributed by atoms with Crippen molar-refractivity contribution in [2.45, 2.75) is 13.8 Å². The minimum Gasteiger partial charge on any atom is -0.506 e. The highest BCUT2D eigenvalue weighted by Gasteiger charge is 2.23. The smallest absolute Gasteiger partial charge is 0.351 e. The molecule has 1 heterocycles. The van der Waals surface area contributed by atoms with Gasteiger partial charge in [0.15, 0.2) is 5.78 Å². The van der Waals surface area contributed by atoms with E-state index >= 15 is 0 Å². The van der Waals surface area contributed by atoms with Gasteiger partial charge in [0.05, 0.1) is 16.3 Å². The monoisotopic (exact) mass is 332 g/mol. The quantitative estimate of drug-likeness (QED) is 0.378. The number of nitrogens with zero attached hydrogens (tertiary/aromatic N) is 2. The summed E-state index contributed by atoms with van der Waals surface area (Å²) in [4.78, 5) is 37.4. The molecule has 24 heavy (non-hydrogen) atoms. The van der Waals surface area contributed by atoms with Crippen molar-refractivity contribution >= 4 is 22.9 Å². The van der Waals surface area contributed by atoms with E-state index in [1.807, 2.05) is 0 Å². The van der Waals surface area contributed by atoms with E-state index in [1.54, 1.807) is 0 Å². The Morgan fingerprint density at radius 1 is 1.17 bits per heavy atom. The predicted molar refractivity (Wildman–Crippen MR) is 83.3 cm³/mol. The van der Waals surface area contributed by atoms with Crippen molar-refractivity contribution in [2.24, 2.45) is 4.99 Å². The van der Waals surface area contributed by atoms with Gasteiger partial charge in [-0.05, 0) is 26.0 Å². The molecule has 0 bridgehead atoms. The van der Waals surface area contributed by atoms with Crippen molar-refractivity contribution in [3.63, 3.8) is 0 Å². The van der Waals surface area contributed by atoms with Gasteiger partial charge in [0.2, 0.25) is 0 Å². The fourth-order valence-electron chi connectivity index (χ4n) is 2.05. The van der Waals surface area contributed by atoms with Crippen LogP contribution in [0.5, 0.6) is 11.7 Å². The first-order chi connectivity index (χ1) is 11.2. The van der Waals surface area contributed by atoms with Crippen molar-refractivity contribution in [1.82, 2.24) is 0 Å². The SMILES string of the molecule is CC(=O)c1c(O)oc(=O)c(C(C)=Nc2ccc([N+](=O)[O-])cc2)c1O. The summed E-state index contributed by atoms with van der Waals surface area (Å²) in [6, 6.07) is 5.16. The molecule has 9 nitrogen and oxygen atoms in total. The number of aromatic hydroxyl groups is 2. The summed E-state index contributed by atoms with van der Waals surface area (Å²) >= 11 is 0. The molecule has 0 fully saturated rings. The molecular weight excluding hydrogens is 320 g/mol. The van der Waals surface area contributed by atoms with Gasteiger partial charge in [-0.2, -0.15) is 0 Å². The molecule has 1 aromatic carbocycles. The van der Waals surface area contributed by atoms with Crippen LogP contribution in [0, 0.1) is 10.1 Å². The molecule has 0 saturated heterocycles. The molecule has 9 heteroatoms. The summed E-state index contributed by atoms with van der Waals surface area (Å²) < 4.78 is 4.54. The van der Waals surface area contributed by atoms with Gasteiger partial charge in [0.1, 0.15) is 16.9 Å². The van der Waals surface area contributed by atoms with E-state index in [-0.39, 0.29) is 22.6 Å². The number of aliphatic imine (C=N–C) groups is 1. The molecule has 0 saturated carbocycles. The van der Waals surface area contributed by atoms with Gasteiger partial charge in [0.25, 0.3) is 11.6 Å². The first-order valence-corrected chi connectivity index (χ1v) is 6.62. The Labute approximate surface area is 134 Å². The van der Waals surface area contributed by atoms with Crippen LogP contribution < -0.4 is 5.63 Å². The normalized spacial score (nSPS) is 11.3. The van der Waals surface area contributed by atoms with Crippen LogP contribution >= 0.6 is 0 Å². The Morgan fingerprint density at radius 3 is 2.25 bits per heavy atom. The van der Waals surface area contributed by atoms with Crippen LogP contribution in [-0.2, 0) is 0 Å². The lowest BCUT2D eigenvalue weighted by atomic mass is 10.1. The number of rotatable bonds is 4.